The molecule has 1 saturated heterocycles. The van der Waals surface area contributed by atoms with Crippen molar-refractivity contribution in [1.29, 1.82) is 0 Å². The maximum Gasteiger partial charge on any atom is 0.257 e. The van der Waals surface area contributed by atoms with E-state index in [-0.39, 0.29) is 23.9 Å². The largest absolute Gasteiger partial charge is 0.494 e. The number of hydrogen-bond acceptors (Lipinski definition) is 5. The van der Waals surface area contributed by atoms with Crippen molar-refractivity contribution >= 4 is 15.9 Å². The van der Waals surface area contributed by atoms with Gasteiger partial charge in [-0.25, -0.2) is 8.42 Å². The number of piperazine rings is 1. The molecule has 1 amide bonds. The van der Waals surface area contributed by atoms with Gasteiger partial charge in [0.15, 0.2) is 0 Å². The molecule has 0 saturated carbocycles. The Bertz CT molecular complexity index is 936. The van der Waals surface area contributed by atoms with Gasteiger partial charge in [0.05, 0.1) is 23.7 Å². The summed E-state index contributed by atoms with van der Waals surface area (Å²) in [7, 11) is -3.61. The van der Waals surface area contributed by atoms with Crippen LogP contribution in [0.5, 0.6) is 11.5 Å². The Morgan fingerprint density at radius 2 is 1.52 bits per heavy atom. The molecule has 156 valence electrons. The molecule has 1 fully saturated rings. The van der Waals surface area contributed by atoms with Crippen molar-refractivity contribution in [2.45, 2.75) is 18.7 Å². The Labute approximate surface area is 171 Å². The van der Waals surface area contributed by atoms with Crippen LogP contribution in [0.3, 0.4) is 0 Å². The third-order valence-electron chi connectivity index (χ3n) is 4.72. The normalized spacial score (nSPS) is 15.2. The van der Waals surface area contributed by atoms with E-state index in [1.165, 1.54) is 4.31 Å². The molecule has 1 heterocycles. The topological polar surface area (TPSA) is 76.2 Å². The SMILES string of the molecule is CCOc1ccc(S(=O)(=O)N2CCN(C(=O)c3ccccc3OCC)CC2)cc1. The van der Waals surface area contributed by atoms with Crippen molar-refractivity contribution in [3.05, 3.63) is 54.1 Å². The summed E-state index contributed by atoms with van der Waals surface area (Å²) in [6.07, 6.45) is 0. The van der Waals surface area contributed by atoms with E-state index in [1.807, 2.05) is 19.9 Å². The monoisotopic (exact) mass is 418 g/mol. The summed E-state index contributed by atoms with van der Waals surface area (Å²) in [5, 5.41) is 0. The van der Waals surface area contributed by atoms with Gasteiger partial charge in [0, 0.05) is 26.2 Å². The zero-order valence-corrected chi connectivity index (χ0v) is 17.5. The Hall–Kier alpha value is -2.58. The summed E-state index contributed by atoms with van der Waals surface area (Å²) in [6.45, 7) is 5.89. The van der Waals surface area contributed by atoms with Gasteiger partial charge < -0.3 is 14.4 Å². The summed E-state index contributed by atoms with van der Waals surface area (Å²) in [5.41, 5.74) is 0.497. The van der Waals surface area contributed by atoms with Crippen LogP contribution < -0.4 is 9.47 Å². The van der Waals surface area contributed by atoms with Gasteiger partial charge in [-0.2, -0.15) is 4.31 Å². The number of ether oxygens (including phenoxy) is 2. The Kier molecular flexibility index (Phi) is 6.76. The first-order chi connectivity index (χ1) is 14.0. The second-order valence-electron chi connectivity index (χ2n) is 6.53. The molecule has 8 heteroatoms. The first kappa shape index (κ1) is 21.1. The average molecular weight is 419 g/mol. The number of hydrogen-bond donors (Lipinski definition) is 0. The second kappa shape index (κ2) is 9.28. The lowest BCUT2D eigenvalue weighted by molar-refractivity contribution is 0.0693. The van der Waals surface area contributed by atoms with E-state index in [0.717, 1.165) is 0 Å². The fraction of sp³-hybridized carbons (Fsp3) is 0.381. The van der Waals surface area contributed by atoms with Crippen LogP contribution >= 0.6 is 0 Å². The highest BCUT2D eigenvalue weighted by Crippen LogP contribution is 2.23. The molecule has 0 aliphatic carbocycles. The average Bonchev–Trinajstić information content (AvgIpc) is 2.75. The van der Waals surface area contributed by atoms with E-state index in [4.69, 9.17) is 9.47 Å². The number of nitrogens with zero attached hydrogens (tertiary/aromatic N) is 2. The van der Waals surface area contributed by atoms with Gasteiger partial charge in [-0.05, 0) is 50.2 Å². The quantitative estimate of drug-likeness (QED) is 0.691. The summed E-state index contributed by atoms with van der Waals surface area (Å²) < 4.78 is 38.1. The molecule has 7 nitrogen and oxygen atoms in total. The third kappa shape index (κ3) is 4.71. The van der Waals surface area contributed by atoms with Crippen LogP contribution in [0.4, 0.5) is 0 Å². The van der Waals surface area contributed by atoms with Gasteiger partial charge in [0.2, 0.25) is 10.0 Å². The summed E-state index contributed by atoms with van der Waals surface area (Å²) in [5.74, 6) is 1.03. The Balaban J connectivity index is 1.67. The van der Waals surface area contributed by atoms with Gasteiger partial charge >= 0.3 is 0 Å². The molecule has 0 atom stereocenters. The second-order valence-corrected chi connectivity index (χ2v) is 8.47. The van der Waals surface area contributed by atoms with Gasteiger partial charge in [0.25, 0.3) is 5.91 Å². The van der Waals surface area contributed by atoms with Crippen LogP contribution in [-0.4, -0.2) is 62.9 Å². The zero-order chi connectivity index (χ0) is 20.9. The summed E-state index contributed by atoms with van der Waals surface area (Å²) >= 11 is 0. The van der Waals surface area contributed by atoms with Crippen molar-refractivity contribution in [1.82, 2.24) is 9.21 Å². The number of para-hydroxylation sites is 1. The molecule has 0 spiro atoms. The lowest BCUT2D eigenvalue weighted by Crippen LogP contribution is -2.50. The van der Waals surface area contributed by atoms with Gasteiger partial charge in [0.1, 0.15) is 11.5 Å². The highest BCUT2D eigenvalue weighted by molar-refractivity contribution is 7.89. The minimum atomic E-state index is -3.61. The minimum absolute atomic E-state index is 0.146. The number of carbonyl (C=O) groups excluding carboxylic acids is 1. The molecule has 2 aromatic carbocycles. The summed E-state index contributed by atoms with van der Waals surface area (Å²) in [4.78, 5) is 14.8. The Morgan fingerprint density at radius 3 is 2.14 bits per heavy atom. The predicted molar refractivity (Wildman–Crippen MR) is 110 cm³/mol. The minimum Gasteiger partial charge on any atom is -0.494 e. The van der Waals surface area contributed by atoms with Crippen molar-refractivity contribution in [2.75, 3.05) is 39.4 Å². The maximum atomic E-state index is 12.9. The molecule has 3 rings (SSSR count). The zero-order valence-electron chi connectivity index (χ0n) is 16.7. The van der Waals surface area contributed by atoms with E-state index in [2.05, 4.69) is 0 Å². The first-order valence-electron chi connectivity index (χ1n) is 9.71. The standard InChI is InChI=1S/C21H26N2O5S/c1-3-27-17-9-11-18(12-10-17)29(25,26)23-15-13-22(14-16-23)21(24)19-7-5-6-8-20(19)28-4-2/h5-12H,3-4,13-16H2,1-2H3. The van der Waals surface area contributed by atoms with Crippen LogP contribution in [-0.2, 0) is 10.0 Å². The van der Waals surface area contributed by atoms with Gasteiger partial charge in [-0.15, -0.1) is 0 Å². The molecule has 0 N–H and O–H groups in total. The lowest BCUT2D eigenvalue weighted by atomic mass is 10.1. The van der Waals surface area contributed by atoms with Crippen molar-refractivity contribution in [2.24, 2.45) is 0 Å². The van der Waals surface area contributed by atoms with Gasteiger partial charge in [-0.1, -0.05) is 12.1 Å². The highest BCUT2D eigenvalue weighted by atomic mass is 32.2. The van der Waals surface area contributed by atoms with Crippen LogP contribution in [0.1, 0.15) is 24.2 Å². The molecule has 0 unspecified atom stereocenters. The van der Waals surface area contributed by atoms with Crippen molar-refractivity contribution in [3.8, 4) is 11.5 Å². The fourth-order valence-electron chi connectivity index (χ4n) is 3.25. The number of benzene rings is 2. The predicted octanol–water partition coefficient (Wildman–Crippen LogP) is 2.63. The van der Waals surface area contributed by atoms with E-state index in [1.54, 1.807) is 47.4 Å². The van der Waals surface area contributed by atoms with E-state index in [0.29, 0.717) is 43.4 Å². The molecule has 1 aliphatic rings. The highest BCUT2D eigenvalue weighted by Gasteiger charge is 2.31. The lowest BCUT2D eigenvalue weighted by Gasteiger charge is -2.34. The van der Waals surface area contributed by atoms with Crippen LogP contribution in [0.15, 0.2) is 53.4 Å². The molecule has 2 aromatic rings. The molecular weight excluding hydrogens is 392 g/mol. The van der Waals surface area contributed by atoms with Crippen molar-refractivity contribution < 1.29 is 22.7 Å². The fourth-order valence-corrected chi connectivity index (χ4v) is 4.67. The molecule has 0 radical (unpaired) electrons. The van der Waals surface area contributed by atoms with Gasteiger partial charge in [-0.3, -0.25) is 4.79 Å². The number of carbonyl (C=O) groups is 1. The third-order valence-corrected chi connectivity index (χ3v) is 6.63. The van der Waals surface area contributed by atoms with Crippen LogP contribution in [0, 0.1) is 0 Å². The number of rotatable bonds is 7. The molecule has 29 heavy (non-hydrogen) atoms. The number of sulfonamides is 1. The molecule has 0 aromatic heterocycles. The van der Waals surface area contributed by atoms with E-state index >= 15 is 0 Å². The van der Waals surface area contributed by atoms with E-state index in [9.17, 15) is 13.2 Å². The molecular formula is C21H26N2O5S. The van der Waals surface area contributed by atoms with Crippen LogP contribution in [0.2, 0.25) is 0 Å². The van der Waals surface area contributed by atoms with E-state index < -0.39 is 10.0 Å². The summed E-state index contributed by atoms with van der Waals surface area (Å²) in [6, 6.07) is 13.5. The molecule has 0 bridgehead atoms. The molecule has 1 aliphatic heterocycles. The number of amides is 1. The van der Waals surface area contributed by atoms with Crippen LogP contribution in [0.25, 0.3) is 0 Å². The maximum absolute atomic E-state index is 12.9. The van der Waals surface area contributed by atoms with Crippen molar-refractivity contribution in [3.63, 3.8) is 0 Å². The smallest absolute Gasteiger partial charge is 0.257 e. The first-order valence-corrected chi connectivity index (χ1v) is 11.2. The Morgan fingerprint density at radius 1 is 0.897 bits per heavy atom.